The Labute approximate surface area is 93.7 Å². The third-order valence-corrected chi connectivity index (χ3v) is 2.87. The Hall–Kier alpha value is -0.370. The highest BCUT2D eigenvalue weighted by molar-refractivity contribution is 4.85. The van der Waals surface area contributed by atoms with Gasteiger partial charge in [-0.25, -0.2) is 4.39 Å². The average Bonchev–Trinajstić information content (AvgIpc) is 2.17. The molecule has 90 valence electrons. The minimum atomic E-state index is -0.720. The summed E-state index contributed by atoms with van der Waals surface area (Å²) < 4.78 is 18.6. The number of methoxy groups -OCH3 is 1. The van der Waals surface area contributed by atoms with Gasteiger partial charge < -0.3 is 4.74 Å². The van der Waals surface area contributed by atoms with Crippen molar-refractivity contribution in [3.05, 3.63) is 12.7 Å². The molecule has 0 aliphatic carbocycles. The van der Waals surface area contributed by atoms with Crippen LogP contribution in [0.25, 0.3) is 0 Å². The van der Waals surface area contributed by atoms with Crippen molar-refractivity contribution in [1.29, 1.82) is 0 Å². The molecule has 0 radical (unpaired) electrons. The minimum Gasteiger partial charge on any atom is -0.384 e. The Kier molecular flexibility index (Phi) is 6.82. The standard InChI is InChI=1S/C13H25FO/c1-6-11(3)8-13(4,10-15-5)9-12(14)7-2/h6,11-12H,1,7-10H2,2-5H3/t11-,12+,13+/m0/s1. The van der Waals surface area contributed by atoms with Crippen molar-refractivity contribution in [3.63, 3.8) is 0 Å². The maximum atomic E-state index is 13.4. The summed E-state index contributed by atoms with van der Waals surface area (Å²) in [6.45, 7) is 10.5. The second kappa shape index (κ2) is 7.00. The van der Waals surface area contributed by atoms with Crippen molar-refractivity contribution in [2.24, 2.45) is 11.3 Å². The van der Waals surface area contributed by atoms with Crippen LogP contribution in [0.1, 0.15) is 40.0 Å². The molecule has 0 unspecified atom stereocenters. The topological polar surface area (TPSA) is 9.23 Å². The smallest absolute Gasteiger partial charge is 0.100 e. The molecule has 0 N–H and O–H groups in total. The second-order valence-electron chi connectivity index (χ2n) is 4.87. The van der Waals surface area contributed by atoms with E-state index in [0.717, 1.165) is 6.42 Å². The molecule has 0 saturated heterocycles. The summed E-state index contributed by atoms with van der Waals surface area (Å²) in [7, 11) is 1.68. The molecule has 0 fully saturated rings. The molecule has 15 heavy (non-hydrogen) atoms. The van der Waals surface area contributed by atoms with E-state index in [1.807, 2.05) is 13.0 Å². The molecule has 3 atom stereocenters. The van der Waals surface area contributed by atoms with Crippen LogP contribution in [0.2, 0.25) is 0 Å². The van der Waals surface area contributed by atoms with Crippen LogP contribution in [-0.2, 0) is 4.74 Å². The number of allylic oxidation sites excluding steroid dienone is 1. The Morgan fingerprint density at radius 2 is 2.07 bits per heavy atom. The molecule has 0 saturated carbocycles. The van der Waals surface area contributed by atoms with Crippen LogP contribution in [0.4, 0.5) is 4.39 Å². The van der Waals surface area contributed by atoms with Gasteiger partial charge in [0, 0.05) is 7.11 Å². The first kappa shape index (κ1) is 14.6. The van der Waals surface area contributed by atoms with Crippen molar-refractivity contribution in [1.82, 2.24) is 0 Å². The van der Waals surface area contributed by atoms with Crippen molar-refractivity contribution in [3.8, 4) is 0 Å². The van der Waals surface area contributed by atoms with Gasteiger partial charge in [0.1, 0.15) is 6.17 Å². The van der Waals surface area contributed by atoms with Crippen molar-refractivity contribution in [2.45, 2.75) is 46.2 Å². The predicted molar refractivity (Wildman–Crippen MR) is 63.8 cm³/mol. The summed E-state index contributed by atoms with van der Waals surface area (Å²) in [4.78, 5) is 0. The summed E-state index contributed by atoms with van der Waals surface area (Å²) in [5.74, 6) is 0.411. The summed E-state index contributed by atoms with van der Waals surface area (Å²) in [6, 6.07) is 0. The van der Waals surface area contributed by atoms with E-state index in [2.05, 4.69) is 20.4 Å². The molecule has 2 heteroatoms. The van der Waals surface area contributed by atoms with Crippen LogP contribution < -0.4 is 0 Å². The number of hydrogen-bond acceptors (Lipinski definition) is 1. The largest absolute Gasteiger partial charge is 0.384 e. The van der Waals surface area contributed by atoms with Crippen molar-refractivity contribution < 1.29 is 9.13 Å². The van der Waals surface area contributed by atoms with Gasteiger partial charge in [-0.05, 0) is 30.6 Å². The molecular formula is C13H25FO. The third-order valence-electron chi connectivity index (χ3n) is 2.87. The van der Waals surface area contributed by atoms with Crippen molar-refractivity contribution in [2.75, 3.05) is 13.7 Å². The Balaban J connectivity index is 4.35. The Bertz CT molecular complexity index is 181. The number of hydrogen-bond donors (Lipinski definition) is 0. The van der Waals surface area contributed by atoms with Crippen LogP contribution in [0.5, 0.6) is 0 Å². The molecule has 0 heterocycles. The highest BCUT2D eigenvalue weighted by Crippen LogP contribution is 2.33. The van der Waals surface area contributed by atoms with Gasteiger partial charge in [-0.1, -0.05) is 26.8 Å². The number of alkyl halides is 1. The quantitative estimate of drug-likeness (QED) is 0.557. The van der Waals surface area contributed by atoms with Gasteiger partial charge in [0.05, 0.1) is 6.61 Å². The molecule has 0 aliphatic rings. The fourth-order valence-corrected chi connectivity index (χ4v) is 2.09. The highest BCUT2D eigenvalue weighted by atomic mass is 19.1. The van der Waals surface area contributed by atoms with E-state index in [0.29, 0.717) is 25.4 Å². The number of ether oxygens (including phenoxy) is 1. The second-order valence-corrected chi connectivity index (χ2v) is 4.87. The van der Waals surface area contributed by atoms with E-state index >= 15 is 0 Å². The Morgan fingerprint density at radius 1 is 1.47 bits per heavy atom. The van der Waals surface area contributed by atoms with E-state index in [4.69, 9.17) is 4.74 Å². The zero-order valence-electron chi connectivity index (χ0n) is 10.6. The zero-order chi connectivity index (χ0) is 11.9. The molecule has 0 rings (SSSR count). The van der Waals surface area contributed by atoms with E-state index < -0.39 is 6.17 Å². The van der Waals surface area contributed by atoms with Gasteiger partial charge in [-0.15, -0.1) is 6.58 Å². The first-order valence-electron chi connectivity index (χ1n) is 5.73. The van der Waals surface area contributed by atoms with Gasteiger partial charge in [0.25, 0.3) is 0 Å². The van der Waals surface area contributed by atoms with Crippen LogP contribution >= 0.6 is 0 Å². The molecule has 1 nitrogen and oxygen atoms in total. The molecule has 0 aromatic rings. The molecule has 0 aliphatic heterocycles. The lowest BCUT2D eigenvalue weighted by atomic mass is 9.77. The molecule has 0 aromatic heterocycles. The molecule has 0 bridgehead atoms. The monoisotopic (exact) mass is 216 g/mol. The molecule has 0 aromatic carbocycles. The van der Waals surface area contributed by atoms with E-state index in [-0.39, 0.29) is 5.41 Å². The number of rotatable bonds is 8. The lowest BCUT2D eigenvalue weighted by Gasteiger charge is -2.32. The zero-order valence-corrected chi connectivity index (χ0v) is 10.6. The first-order chi connectivity index (χ1) is 6.97. The number of halogens is 1. The normalized spacial score (nSPS) is 19.3. The lowest BCUT2D eigenvalue weighted by Crippen LogP contribution is -2.28. The van der Waals surface area contributed by atoms with E-state index in [1.54, 1.807) is 7.11 Å². The van der Waals surface area contributed by atoms with Crippen LogP contribution in [0.15, 0.2) is 12.7 Å². The SMILES string of the molecule is C=C[C@H](C)C[C@@](C)(COC)C[C@H](F)CC. The molecule has 0 spiro atoms. The molecular weight excluding hydrogens is 191 g/mol. The Morgan fingerprint density at radius 3 is 2.47 bits per heavy atom. The lowest BCUT2D eigenvalue weighted by molar-refractivity contribution is 0.0504. The van der Waals surface area contributed by atoms with Gasteiger partial charge >= 0.3 is 0 Å². The highest BCUT2D eigenvalue weighted by Gasteiger charge is 2.29. The van der Waals surface area contributed by atoms with Gasteiger partial charge in [0.15, 0.2) is 0 Å². The van der Waals surface area contributed by atoms with Crippen LogP contribution in [0, 0.1) is 11.3 Å². The summed E-state index contributed by atoms with van der Waals surface area (Å²) >= 11 is 0. The van der Waals surface area contributed by atoms with Crippen molar-refractivity contribution >= 4 is 0 Å². The van der Waals surface area contributed by atoms with Crippen LogP contribution in [0.3, 0.4) is 0 Å². The van der Waals surface area contributed by atoms with Crippen LogP contribution in [-0.4, -0.2) is 19.9 Å². The summed E-state index contributed by atoms with van der Waals surface area (Å²) in [6.07, 6.45) is 3.30. The average molecular weight is 216 g/mol. The van der Waals surface area contributed by atoms with E-state index in [9.17, 15) is 4.39 Å². The first-order valence-corrected chi connectivity index (χ1v) is 5.73. The third kappa shape index (κ3) is 5.93. The minimum absolute atomic E-state index is 0.0716. The maximum Gasteiger partial charge on any atom is 0.100 e. The van der Waals surface area contributed by atoms with E-state index in [1.165, 1.54) is 0 Å². The fourth-order valence-electron chi connectivity index (χ4n) is 2.09. The fraction of sp³-hybridized carbons (Fsp3) is 0.846. The summed E-state index contributed by atoms with van der Waals surface area (Å²) in [5, 5.41) is 0. The van der Waals surface area contributed by atoms with Gasteiger partial charge in [-0.2, -0.15) is 0 Å². The van der Waals surface area contributed by atoms with Gasteiger partial charge in [0.2, 0.25) is 0 Å². The maximum absolute atomic E-state index is 13.4. The molecule has 0 amide bonds. The predicted octanol–water partition coefficient (Wildman–Crippen LogP) is 3.99. The summed E-state index contributed by atoms with van der Waals surface area (Å²) in [5.41, 5.74) is -0.0716. The van der Waals surface area contributed by atoms with Gasteiger partial charge in [-0.3, -0.25) is 0 Å².